The minimum absolute atomic E-state index is 0.115. The molecular weight excluding hydrogens is 448 g/mol. The summed E-state index contributed by atoms with van der Waals surface area (Å²) in [6.07, 6.45) is 0. The molecule has 0 aliphatic carbocycles. The van der Waals surface area contributed by atoms with E-state index in [4.69, 9.17) is 0 Å². The van der Waals surface area contributed by atoms with Crippen LogP contribution in [0.15, 0.2) is 60.7 Å². The number of aromatic hydroxyl groups is 1. The van der Waals surface area contributed by atoms with Crippen LogP contribution in [0, 0.1) is 20.8 Å². The monoisotopic (exact) mass is 484 g/mol. The Bertz CT molecular complexity index is 1330. The van der Waals surface area contributed by atoms with Crippen LogP contribution >= 0.6 is 0 Å². The summed E-state index contributed by atoms with van der Waals surface area (Å²) in [7, 11) is 0. The van der Waals surface area contributed by atoms with Crippen molar-refractivity contribution in [3.63, 3.8) is 0 Å². The van der Waals surface area contributed by atoms with Crippen molar-refractivity contribution in [2.24, 2.45) is 0 Å². The average molecular weight is 485 g/mol. The second-order valence-corrected chi connectivity index (χ2v) is 8.96. The molecule has 0 radical (unpaired) electrons. The molecule has 0 spiro atoms. The lowest BCUT2D eigenvalue weighted by Crippen LogP contribution is -2.21. The summed E-state index contributed by atoms with van der Waals surface area (Å²) < 4.78 is 0. The third-order valence-electron chi connectivity index (χ3n) is 6.75. The molecular formula is C31H36N2O3. The molecule has 0 bridgehead atoms. The van der Waals surface area contributed by atoms with Crippen molar-refractivity contribution in [1.82, 2.24) is 9.88 Å². The molecule has 36 heavy (non-hydrogen) atoms. The standard InChI is InChI=1S/C25H21NO3.C6H15N/c1-14-4-7-17(8-5-14)18-9-11-19(12-10-18)23-24(27)21(25(28)29)20-13-6-15(2)16(3)22(20)26-23;1-4-7(5-2)6-3/h4-13,27H,1-3H3,(H,28,29);4-6H2,1-3H3. The maximum absolute atomic E-state index is 11.9. The fourth-order valence-corrected chi connectivity index (χ4v) is 4.21. The van der Waals surface area contributed by atoms with E-state index in [1.165, 1.54) is 25.2 Å². The molecule has 188 valence electrons. The Kier molecular flexibility index (Phi) is 8.83. The highest BCUT2D eigenvalue weighted by molar-refractivity contribution is 6.08. The van der Waals surface area contributed by atoms with Gasteiger partial charge in [-0.05, 0) is 62.7 Å². The maximum Gasteiger partial charge on any atom is 0.340 e. The van der Waals surface area contributed by atoms with E-state index in [9.17, 15) is 15.0 Å². The van der Waals surface area contributed by atoms with E-state index in [0.29, 0.717) is 16.5 Å². The molecule has 0 atom stereocenters. The number of aryl methyl sites for hydroxylation is 3. The van der Waals surface area contributed by atoms with Gasteiger partial charge in [-0.15, -0.1) is 0 Å². The van der Waals surface area contributed by atoms with Gasteiger partial charge in [0.15, 0.2) is 5.75 Å². The van der Waals surface area contributed by atoms with Gasteiger partial charge in [-0.2, -0.15) is 0 Å². The maximum atomic E-state index is 11.9. The second kappa shape index (κ2) is 11.8. The Morgan fingerprint density at radius 1 is 0.778 bits per heavy atom. The second-order valence-electron chi connectivity index (χ2n) is 8.96. The number of aromatic carboxylic acids is 1. The van der Waals surface area contributed by atoms with Crippen LogP contribution in [0.2, 0.25) is 0 Å². The first-order valence-electron chi connectivity index (χ1n) is 12.5. The van der Waals surface area contributed by atoms with E-state index >= 15 is 0 Å². The number of carboxylic acid groups (broad SMARTS) is 1. The van der Waals surface area contributed by atoms with Crippen LogP contribution in [0.1, 0.15) is 47.8 Å². The number of pyridine rings is 1. The number of nitrogens with zero attached hydrogens (tertiary/aromatic N) is 2. The highest BCUT2D eigenvalue weighted by Crippen LogP contribution is 2.37. The molecule has 4 rings (SSSR count). The van der Waals surface area contributed by atoms with E-state index in [1.54, 1.807) is 6.07 Å². The van der Waals surface area contributed by atoms with E-state index in [2.05, 4.69) is 54.9 Å². The third kappa shape index (κ3) is 5.74. The highest BCUT2D eigenvalue weighted by Gasteiger charge is 2.22. The molecule has 0 fully saturated rings. The summed E-state index contributed by atoms with van der Waals surface area (Å²) in [5, 5.41) is 20.9. The van der Waals surface area contributed by atoms with Gasteiger partial charge in [0.05, 0.1) is 5.52 Å². The lowest BCUT2D eigenvalue weighted by molar-refractivity contribution is 0.0696. The van der Waals surface area contributed by atoms with Gasteiger partial charge in [0, 0.05) is 10.9 Å². The Morgan fingerprint density at radius 2 is 1.28 bits per heavy atom. The zero-order chi connectivity index (χ0) is 26.4. The number of hydrogen-bond acceptors (Lipinski definition) is 4. The summed E-state index contributed by atoms with van der Waals surface area (Å²) in [6, 6.07) is 19.4. The first-order valence-corrected chi connectivity index (χ1v) is 12.5. The Hall–Kier alpha value is -3.70. The molecule has 1 aromatic heterocycles. The zero-order valence-corrected chi connectivity index (χ0v) is 22.1. The first-order chi connectivity index (χ1) is 17.2. The van der Waals surface area contributed by atoms with Crippen molar-refractivity contribution in [2.75, 3.05) is 19.6 Å². The van der Waals surface area contributed by atoms with Crippen LogP contribution in [0.25, 0.3) is 33.3 Å². The number of benzene rings is 3. The molecule has 0 unspecified atom stereocenters. The molecule has 4 aromatic rings. The fraction of sp³-hybridized carbons (Fsp3) is 0.290. The largest absolute Gasteiger partial charge is 0.505 e. The topological polar surface area (TPSA) is 73.7 Å². The number of hydrogen-bond donors (Lipinski definition) is 2. The predicted octanol–water partition coefficient (Wildman–Crippen LogP) is 7.25. The highest BCUT2D eigenvalue weighted by atomic mass is 16.4. The van der Waals surface area contributed by atoms with Crippen molar-refractivity contribution >= 4 is 16.9 Å². The van der Waals surface area contributed by atoms with E-state index < -0.39 is 5.97 Å². The normalized spacial score (nSPS) is 10.9. The van der Waals surface area contributed by atoms with Crippen LogP contribution in [-0.2, 0) is 0 Å². The fourth-order valence-electron chi connectivity index (χ4n) is 4.21. The summed E-state index contributed by atoms with van der Waals surface area (Å²) >= 11 is 0. The molecule has 1 heterocycles. The lowest BCUT2D eigenvalue weighted by atomic mass is 9.97. The molecule has 5 heteroatoms. The number of aromatic nitrogens is 1. The average Bonchev–Trinajstić information content (AvgIpc) is 2.88. The van der Waals surface area contributed by atoms with Gasteiger partial charge in [0.1, 0.15) is 11.3 Å². The lowest BCUT2D eigenvalue weighted by Gasteiger charge is -2.13. The molecule has 0 aliphatic heterocycles. The Balaban J connectivity index is 0.000000454. The predicted molar refractivity (Wildman–Crippen MR) is 149 cm³/mol. The smallest absolute Gasteiger partial charge is 0.340 e. The molecule has 0 amide bonds. The van der Waals surface area contributed by atoms with Gasteiger partial charge in [0.2, 0.25) is 0 Å². The summed E-state index contributed by atoms with van der Waals surface area (Å²) in [5.74, 6) is -1.48. The van der Waals surface area contributed by atoms with Gasteiger partial charge in [-0.3, -0.25) is 0 Å². The van der Waals surface area contributed by atoms with E-state index in [1.807, 2.05) is 51.1 Å². The van der Waals surface area contributed by atoms with Gasteiger partial charge in [0.25, 0.3) is 0 Å². The van der Waals surface area contributed by atoms with Gasteiger partial charge in [-0.1, -0.05) is 87.0 Å². The van der Waals surface area contributed by atoms with Crippen LogP contribution in [0.5, 0.6) is 5.75 Å². The van der Waals surface area contributed by atoms with Crippen LogP contribution < -0.4 is 0 Å². The molecule has 0 aliphatic rings. The summed E-state index contributed by atoms with van der Waals surface area (Å²) in [6.45, 7) is 16.0. The molecule has 3 aromatic carbocycles. The van der Waals surface area contributed by atoms with Gasteiger partial charge in [-0.25, -0.2) is 9.78 Å². The number of fused-ring (bicyclic) bond motifs is 1. The SMILES string of the molecule is CCN(CC)CC.Cc1ccc(-c2ccc(-c3nc4c(C)c(C)ccc4c(C(=O)O)c3O)cc2)cc1. The van der Waals surface area contributed by atoms with Crippen LogP contribution in [0.3, 0.4) is 0 Å². The minimum atomic E-state index is -1.17. The van der Waals surface area contributed by atoms with Crippen molar-refractivity contribution in [2.45, 2.75) is 41.5 Å². The van der Waals surface area contributed by atoms with Gasteiger partial charge >= 0.3 is 5.97 Å². The van der Waals surface area contributed by atoms with Crippen molar-refractivity contribution in [1.29, 1.82) is 0 Å². The summed E-state index contributed by atoms with van der Waals surface area (Å²) in [4.78, 5) is 18.9. The number of rotatable bonds is 6. The van der Waals surface area contributed by atoms with Crippen LogP contribution in [0.4, 0.5) is 0 Å². The first kappa shape index (κ1) is 26.9. The third-order valence-corrected chi connectivity index (χ3v) is 6.75. The minimum Gasteiger partial charge on any atom is -0.505 e. The Labute approximate surface area is 214 Å². The molecule has 2 N–H and O–H groups in total. The molecule has 5 nitrogen and oxygen atoms in total. The number of carboxylic acids is 1. The van der Waals surface area contributed by atoms with Gasteiger partial charge < -0.3 is 15.1 Å². The van der Waals surface area contributed by atoms with E-state index in [-0.39, 0.29) is 17.0 Å². The van der Waals surface area contributed by atoms with Crippen molar-refractivity contribution < 1.29 is 15.0 Å². The molecule has 0 saturated carbocycles. The van der Waals surface area contributed by atoms with Crippen molar-refractivity contribution in [3.05, 3.63) is 82.9 Å². The summed E-state index contributed by atoms with van der Waals surface area (Å²) in [5.41, 5.74) is 6.68. The quantitative estimate of drug-likeness (QED) is 0.302. The van der Waals surface area contributed by atoms with Crippen LogP contribution in [-0.4, -0.2) is 45.7 Å². The Morgan fingerprint density at radius 3 is 1.75 bits per heavy atom. The zero-order valence-electron chi connectivity index (χ0n) is 22.1. The number of carbonyl (C=O) groups is 1. The van der Waals surface area contributed by atoms with Crippen molar-refractivity contribution in [3.8, 4) is 28.1 Å². The van der Waals surface area contributed by atoms with E-state index in [0.717, 1.165) is 22.3 Å². The molecule has 0 saturated heterocycles.